The first-order valence-electron chi connectivity index (χ1n) is 4.87. The van der Waals surface area contributed by atoms with Crippen LogP contribution in [0.4, 0.5) is 0 Å². The summed E-state index contributed by atoms with van der Waals surface area (Å²) in [4.78, 5) is 11.4. The van der Waals surface area contributed by atoms with Crippen molar-refractivity contribution in [3.8, 4) is 5.75 Å². The number of hydrogen-bond acceptors (Lipinski definition) is 2. The van der Waals surface area contributed by atoms with E-state index in [0.717, 1.165) is 29.7 Å². The quantitative estimate of drug-likeness (QED) is 0.686. The average Bonchev–Trinajstić information content (AvgIpc) is 2.18. The summed E-state index contributed by atoms with van der Waals surface area (Å²) in [6.45, 7) is 3.70. The first kappa shape index (κ1) is 10.8. The van der Waals surface area contributed by atoms with Crippen LogP contribution in [0.3, 0.4) is 0 Å². The number of rotatable bonds is 4. The predicted molar refractivity (Wildman–Crippen MR) is 57.0 cm³/mol. The van der Waals surface area contributed by atoms with Crippen LogP contribution in [0.1, 0.15) is 36.2 Å². The summed E-state index contributed by atoms with van der Waals surface area (Å²) in [5, 5.41) is 0. The van der Waals surface area contributed by atoms with E-state index in [1.165, 1.54) is 0 Å². The van der Waals surface area contributed by atoms with Crippen molar-refractivity contribution in [1.29, 1.82) is 0 Å². The zero-order valence-electron chi connectivity index (χ0n) is 8.96. The van der Waals surface area contributed by atoms with E-state index >= 15 is 0 Å². The molecule has 0 fully saturated rings. The number of ether oxygens (including phenoxy) is 1. The van der Waals surface area contributed by atoms with Gasteiger partial charge in [-0.25, -0.2) is 0 Å². The molecule has 2 heteroatoms. The smallest absolute Gasteiger partial charge is 0.160 e. The minimum Gasteiger partial charge on any atom is -0.497 e. The Kier molecular flexibility index (Phi) is 3.69. The Morgan fingerprint density at radius 2 is 2.14 bits per heavy atom. The molecular weight excluding hydrogens is 176 g/mol. The highest BCUT2D eigenvalue weighted by Crippen LogP contribution is 2.19. The normalized spacial score (nSPS) is 9.93. The van der Waals surface area contributed by atoms with Gasteiger partial charge in [-0.1, -0.05) is 19.4 Å². The molecule has 0 atom stereocenters. The molecule has 0 saturated carbocycles. The van der Waals surface area contributed by atoms with Crippen molar-refractivity contribution in [2.75, 3.05) is 7.11 Å². The molecular formula is C12H16O2. The minimum atomic E-state index is 0.104. The van der Waals surface area contributed by atoms with Crippen molar-refractivity contribution in [3.05, 3.63) is 29.3 Å². The Balaban J connectivity index is 3.10. The molecule has 0 aliphatic heterocycles. The third-order valence-electron chi connectivity index (χ3n) is 2.22. The predicted octanol–water partition coefficient (Wildman–Crippen LogP) is 2.85. The van der Waals surface area contributed by atoms with Crippen LogP contribution in [0.25, 0.3) is 0 Å². The molecule has 0 N–H and O–H groups in total. The summed E-state index contributed by atoms with van der Waals surface area (Å²) in [6, 6.07) is 5.68. The third-order valence-corrected chi connectivity index (χ3v) is 2.22. The van der Waals surface area contributed by atoms with Crippen molar-refractivity contribution >= 4 is 5.78 Å². The summed E-state index contributed by atoms with van der Waals surface area (Å²) in [6.07, 6.45) is 1.99. The Labute approximate surface area is 84.9 Å². The number of ketones is 1. The largest absolute Gasteiger partial charge is 0.497 e. The fourth-order valence-corrected chi connectivity index (χ4v) is 1.50. The molecule has 0 saturated heterocycles. The Hall–Kier alpha value is -1.31. The van der Waals surface area contributed by atoms with Crippen LogP contribution in [0.2, 0.25) is 0 Å². The lowest BCUT2D eigenvalue weighted by molar-refractivity contribution is 0.101. The number of methoxy groups -OCH3 is 1. The van der Waals surface area contributed by atoms with Gasteiger partial charge < -0.3 is 4.74 Å². The molecule has 2 nitrogen and oxygen atoms in total. The van der Waals surface area contributed by atoms with E-state index in [-0.39, 0.29) is 5.78 Å². The molecule has 0 unspecified atom stereocenters. The van der Waals surface area contributed by atoms with Crippen LogP contribution in [0, 0.1) is 0 Å². The lowest BCUT2D eigenvalue weighted by Gasteiger charge is -2.07. The van der Waals surface area contributed by atoms with E-state index in [4.69, 9.17) is 4.74 Å². The number of hydrogen-bond donors (Lipinski definition) is 0. The molecule has 0 aliphatic rings. The second kappa shape index (κ2) is 4.80. The van der Waals surface area contributed by atoms with Gasteiger partial charge in [-0.3, -0.25) is 4.79 Å². The second-order valence-electron chi connectivity index (χ2n) is 3.33. The monoisotopic (exact) mass is 192 g/mol. The zero-order chi connectivity index (χ0) is 10.6. The van der Waals surface area contributed by atoms with Crippen molar-refractivity contribution in [1.82, 2.24) is 0 Å². The van der Waals surface area contributed by atoms with Gasteiger partial charge in [0.05, 0.1) is 7.11 Å². The summed E-state index contributed by atoms with van der Waals surface area (Å²) < 4.78 is 5.09. The second-order valence-corrected chi connectivity index (χ2v) is 3.33. The Bertz CT molecular complexity index is 329. The molecule has 0 radical (unpaired) electrons. The number of carbonyl (C=O) groups is 1. The third kappa shape index (κ3) is 2.34. The molecule has 1 aromatic carbocycles. The van der Waals surface area contributed by atoms with Gasteiger partial charge in [0.1, 0.15) is 5.75 Å². The summed E-state index contributed by atoms with van der Waals surface area (Å²) in [5.74, 6) is 0.849. The molecule has 0 spiro atoms. The van der Waals surface area contributed by atoms with Gasteiger partial charge in [0.2, 0.25) is 0 Å². The molecule has 0 aliphatic carbocycles. The zero-order valence-corrected chi connectivity index (χ0v) is 8.96. The van der Waals surface area contributed by atoms with Gasteiger partial charge in [0, 0.05) is 5.56 Å². The molecule has 0 aromatic heterocycles. The first-order chi connectivity index (χ1) is 6.69. The van der Waals surface area contributed by atoms with Gasteiger partial charge in [-0.2, -0.15) is 0 Å². The highest BCUT2D eigenvalue weighted by atomic mass is 16.5. The fourth-order valence-electron chi connectivity index (χ4n) is 1.50. The topological polar surface area (TPSA) is 26.3 Å². The molecule has 14 heavy (non-hydrogen) atoms. The molecule has 0 heterocycles. The van der Waals surface area contributed by atoms with Gasteiger partial charge in [-0.05, 0) is 31.0 Å². The lowest BCUT2D eigenvalue weighted by Crippen LogP contribution is -2.00. The van der Waals surface area contributed by atoms with E-state index in [1.807, 2.05) is 18.2 Å². The highest BCUT2D eigenvalue weighted by molar-refractivity contribution is 5.96. The maximum atomic E-state index is 11.4. The van der Waals surface area contributed by atoms with Crippen molar-refractivity contribution in [2.45, 2.75) is 26.7 Å². The van der Waals surface area contributed by atoms with Crippen LogP contribution in [-0.4, -0.2) is 12.9 Å². The highest BCUT2D eigenvalue weighted by Gasteiger charge is 2.07. The minimum absolute atomic E-state index is 0.104. The first-order valence-corrected chi connectivity index (χ1v) is 4.87. The van der Waals surface area contributed by atoms with Gasteiger partial charge in [0.15, 0.2) is 5.78 Å². The molecule has 1 rings (SSSR count). The van der Waals surface area contributed by atoms with Crippen LogP contribution in [0.15, 0.2) is 18.2 Å². The van der Waals surface area contributed by atoms with Crippen LogP contribution in [0.5, 0.6) is 5.75 Å². The molecule has 0 bridgehead atoms. The van der Waals surface area contributed by atoms with Crippen LogP contribution in [-0.2, 0) is 6.42 Å². The number of benzene rings is 1. The number of carbonyl (C=O) groups excluding carboxylic acids is 1. The number of aryl methyl sites for hydroxylation is 1. The molecule has 76 valence electrons. The van der Waals surface area contributed by atoms with E-state index in [0.29, 0.717) is 0 Å². The summed E-state index contributed by atoms with van der Waals surface area (Å²) in [7, 11) is 1.61. The van der Waals surface area contributed by atoms with Crippen molar-refractivity contribution < 1.29 is 9.53 Å². The van der Waals surface area contributed by atoms with E-state index in [9.17, 15) is 4.79 Å². The fraction of sp³-hybridized carbons (Fsp3) is 0.417. The molecule has 1 aromatic rings. The van der Waals surface area contributed by atoms with Crippen molar-refractivity contribution in [3.63, 3.8) is 0 Å². The van der Waals surface area contributed by atoms with E-state index < -0.39 is 0 Å². The van der Waals surface area contributed by atoms with E-state index in [2.05, 4.69) is 6.92 Å². The van der Waals surface area contributed by atoms with Gasteiger partial charge in [0.25, 0.3) is 0 Å². The maximum absolute atomic E-state index is 11.4. The number of Topliss-reactive ketones (excluding diaryl/α,β-unsaturated/α-hetero) is 1. The maximum Gasteiger partial charge on any atom is 0.160 e. The van der Waals surface area contributed by atoms with Crippen molar-refractivity contribution in [2.24, 2.45) is 0 Å². The average molecular weight is 192 g/mol. The Morgan fingerprint density at radius 1 is 1.43 bits per heavy atom. The van der Waals surface area contributed by atoms with Gasteiger partial charge in [-0.15, -0.1) is 0 Å². The van der Waals surface area contributed by atoms with Crippen LogP contribution < -0.4 is 4.74 Å². The SMILES string of the molecule is CCCc1ccc(OC)cc1C(C)=O. The summed E-state index contributed by atoms with van der Waals surface area (Å²) >= 11 is 0. The van der Waals surface area contributed by atoms with E-state index in [1.54, 1.807) is 14.0 Å². The Morgan fingerprint density at radius 3 is 2.64 bits per heavy atom. The van der Waals surface area contributed by atoms with Gasteiger partial charge >= 0.3 is 0 Å². The molecule has 0 amide bonds. The summed E-state index contributed by atoms with van der Waals surface area (Å²) in [5.41, 5.74) is 1.90. The van der Waals surface area contributed by atoms with Crippen LogP contribution >= 0.6 is 0 Å². The standard InChI is InChI=1S/C12H16O2/c1-4-5-10-6-7-11(14-3)8-12(10)9(2)13/h6-8H,4-5H2,1-3H3. The lowest BCUT2D eigenvalue weighted by atomic mass is 10.0.